The van der Waals surface area contributed by atoms with Crippen molar-refractivity contribution in [3.8, 4) is 11.3 Å². The van der Waals surface area contributed by atoms with E-state index in [-0.39, 0.29) is 23.7 Å². The summed E-state index contributed by atoms with van der Waals surface area (Å²) in [5, 5.41) is 9.96. The molecule has 192 valence electrons. The highest BCUT2D eigenvalue weighted by Crippen LogP contribution is 2.29. The molecule has 0 aliphatic heterocycles. The van der Waals surface area contributed by atoms with Gasteiger partial charge in [0.05, 0.1) is 17.0 Å². The molecule has 0 radical (unpaired) electrons. The fourth-order valence-electron chi connectivity index (χ4n) is 3.87. The van der Waals surface area contributed by atoms with Gasteiger partial charge >= 0.3 is 6.18 Å². The quantitative estimate of drug-likeness (QED) is 0.315. The van der Waals surface area contributed by atoms with E-state index in [0.29, 0.717) is 12.2 Å². The molecule has 2 heterocycles. The van der Waals surface area contributed by atoms with Crippen LogP contribution in [0.15, 0.2) is 77.6 Å². The molecule has 0 aliphatic carbocycles. The first-order chi connectivity index (χ1) is 17.6. The predicted octanol–water partition coefficient (Wildman–Crippen LogP) is 4.91. The van der Waals surface area contributed by atoms with Crippen LogP contribution in [0.5, 0.6) is 0 Å². The van der Waals surface area contributed by atoms with Crippen LogP contribution in [0.4, 0.5) is 13.2 Å². The van der Waals surface area contributed by atoms with Crippen molar-refractivity contribution in [1.29, 1.82) is 0 Å². The van der Waals surface area contributed by atoms with Crippen molar-refractivity contribution < 1.29 is 18.0 Å². The Morgan fingerprint density at radius 3 is 2.51 bits per heavy atom. The molecular weight excluding hydrogens is 483 g/mol. The number of aromatic nitrogens is 3. The van der Waals surface area contributed by atoms with Crippen LogP contribution in [-0.2, 0) is 19.3 Å². The van der Waals surface area contributed by atoms with Gasteiger partial charge in [0.15, 0.2) is 0 Å². The van der Waals surface area contributed by atoms with Gasteiger partial charge in [-0.15, -0.1) is 0 Å². The number of pyridine rings is 1. The zero-order valence-corrected chi connectivity index (χ0v) is 20.3. The van der Waals surface area contributed by atoms with E-state index in [1.165, 1.54) is 18.2 Å². The molecule has 1 atom stereocenters. The highest BCUT2D eigenvalue weighted by molar-refractivity contribution is 5.93. The third kappa shape index (κ3) is 6.34. The standard InChI is InChI=1S/C27H26F3N5O2/c1-17(23-14-24(34-33-23)19-8-4-3-5-9-19)35(2)16-21-11-12-22(26(37)32-21)25(36)31-15-18-7-6-10-20(13-18)27(28,29)30/h3-14,17H,15-16H2,1-2H3,(H,31,36)(H,32,37)(H,33,34). The fourth-order valence-corrected chi connectivity index (χ4v) is 3.87. The average Bonchev–Trinajstić information content (AvgIpc) is 3.37. The number of alkyl halides is 3. The molecule has 7 nitrogen and oxygen atoms in total. The van der Waals surface area contributed by atoms with Crippen LogP contribution in [0.25, 0.3) is 11.3 Å². The number of nitrogens with zero attached hydrogens (tertiary/aromatic N) is 2. The second-order valence-electron chi connectivity index (χ2n) is 8.77. The molecule has 0 saturated carbocycles. The van der Waals surface area contributed by atoms with E-state index in [4.69, 9.17) is 0 Å². The Balaban J connectivity index is 1.37. The van der Waals surface area contributed by atoms with Crippen LogP contribution in [0.2, 0.25) is 0 Å². The summed E-state index contributed by atoms with van der Waals surface area (Å²) in [5.41, 5.74) is 2.15. The Morgan fingerprint density at radius 1 is 1.05 bits per heavy atom. The van der Waals surface area contributed by atoms with Crippen LogP contribution >= 0.6 is 0 Å². The molecule has 0 saturated heterocycles. The highest BCUT2D eigenvalue weighted by atomic mass is 19.4. The molecule has 0 bridgehead atoms. The van der Waals surface area contributed by atoms with Crippen molar-refractivity contribution in [2.75, 3.05) is 7.05 Å². The zero-order valence-electron chi connectivity index (χ0n) is 20.3. The van der Waals surface area contributed by atoms with Crippen molar-refractivity contribution in [3.05, 3.63) is 111 Å². The van der Waals surface area contributed by atoms with Crippen LogP contribution in [0.1, 0.15) is 45.8 Å². The SMILES string of the molecule is CC(c1cc(-c2ccccc2)n[nH]1)N(C)Cc1ccc(C(=O)NCc2cccc(C(F)(F)F)c2)c(=O)[nH]1. The third-order valence-corrected chi connectivity index (χ3v) is 6.12. The highest BCUT2D eigenvalue weighted by Gasteiger charge is 2.30. The monoisotopic (exact) mass is 509 g/mol. The first kappa shape index (κ1) is 25.9. The number of carbonyl (C=O) groups is 1. The number of aromatic amines is 2. The summed E-state index contributed by atoms with van der Waals surface area (Å²) in [5.74, 6) is -0.669. The number of rotatable bonds is 8. The maximum atomic E-state index is 12.9. The van der Waals surface area contributed by atoms with Gasteiger partial charge in [-0.05, 0) is 49.9 Å². The minimum Gasteiger partial charge on any atom is -0.348 e. The largest absolute Gasteiger partial charge is 0.416 e. The molecule has 0 fully saturated rings. The molecule has 0 aliphatic rings. The number of halogens is 3. The lowest BCUT2D eigenvalue weighted by Crippen LogP contribution is -2.30. The predicted molar refractivity (Wildman–Crippen MR) is 134 cm³/mol. The number of amides is 1. The molecule has 1 amide bonds. The average molecular weight is 510 g/mol. The van der Waals surface area contributed by atoms with Crippen molar-refractivity contribution in [2.45, 2.75) is 32.2 Å². The Morgan fingerprint density at radius 2 is 1.81 bits per heavy atom. The lowest BCUT2D eigenvalue weighted by Gasteiger charge is -2.23. The van der Waals surface area contributed by atoms with Crippen LogP contribution in [0.3, 0.4) is 0 Å². The summed E-state index contributed by atoms with van der Waals surface area (Å²) in [6.07, 6.45) is -4.47. The summed E-state index contributed by atoms with van der Waals surface area (Å²) in [4.78, 5) is 29.8. The lowest BCUT2D eigenvalue weighted by atomic mass is 10.1. The smallest absolute Gasteiger partial charge is 0.348 e. The topological polar surface area (TPSA) is 93.9 Å². The summed E-state index contributed by atoms with van der Waals surface area (Å²) in [6, 6.07) is 19.5. The van der Waals surface area contributed by atoms with E-state index in [1.54, 1.807) is 6.07 Å². The summed E-state index contributed by atoms with van der Waals surface area (Å²) in [7, 11) is 1.90. The van der Waals surface area contributed by atoms with E-state index < -0.39 is 23.2 Å². The number of H-pyrrole nitrogens is 2. The molecular formula is C27H26F3N5O2. The Kier molecular flexibility index (Phi) is 7.58. The van der Waals surface area contributed by atoms with Gasteiger partial charge in [0.1, 0.15) is 5.56 Å². The maximum absolute atomic E-state index is 12.9. The molecule has 3 N–H and O–H groups in total. The summed E-state index contributed by atoms with van der Waals surface area (Å²) in [6.45, 7) is 2.28. The van der Waals surface area contributed by atoms with Crippen molar-refractivity contribution in [1.82, 2.24) is 25.4 Å². The van der Waals surface area contributed by atoms with E-state index in [2.05, 4.69) is 20.5 Å². The Bertz CT molecular complexity index is 1430. The number of hydrogen-bond acceptors (Lipinski definition) is 4. The fraction of sp³-hybridized carbons (Fsp3) is 0.222. The first-order valence-electron chi connectivity index (χ1n) is 11.6. The van der Waals surface area contributed by atoms with Gasteiger partial charge in [-0.3, -0.25) is 19.6 Å². The maximum Gasteiger partial charge on any atom is 0.416 e. The van der Waals surface area contributed by atoms with Gasteiger partial charge in [-0.1, -0.05) is 42.5 Å². The first-order valence-corrected chi connectivity index (χ1v) is 11.6. The van der Waals surface area contributed by atoms with E-state index in [1.807, 2.05) is 55.3 Å². The minimum absolute atomic E-state index is 0.0381. The van der Waals surface area contributed by atoms with E-state index in [9.17, 15) is 22.8 Å². The molecule has 1 unspecified atom stereocenters. The lowest BCUT2D eigenvalue weighted by molar-refractivity contribution is -0.137. The van der Waals surface area contributed by atoms with Gasteiger partial charge in [0.25, 0.3) is 11.5 Å². The molecule has 0 spiro atoms. The second-order valence-corrected chi connectivity index (χ2v) is 8.77. The summed E-state index contributed by atoms with van der Waals surface area (Å²) < 4.78 is 38.7. The van der Waals surface area contributed by atoms with Crippen molar-refractivity contribution in [2.24, 2.45) is 0 Å². The van der Waals surface area contributed by atoms with Gasteiger partial charge < -0.3 is 10.3 Å². The minimum atomic E-state index is -4.47. The van der Waals surface area contributed by atoms with Crippen LogP contribution in [-0.4, -0.2) is 33.0 Å². The number of nitrogens with one attached hydrogen (secondary N) is 3. The molecule has 37 heavy (non-hydrogen) atoms. The number of carbonyl (C=O) groups excluding carboxylic acids is 1. The van der Waals surface area contributed by atoms with Crippen LogP contribution in [0, 0.1) is 0 Å². The third-order valence-electron chi connectivity index (χ3n) is 6.12. The summed E-state index contributed by atoms with van der Waals surface area (Å²) >= 11 is 0. The second kappa shape index (κ2) is 10.8. The van der Waals surface area contributed by atoms with Gasteiger partial charge in [0, 0.05) is 30.4 Å². The Hall–Kier alpha value is -4.18. The molecule has 4 aromatic rings. The molecule has 2 aromatic heterocycles. The Labute approximate surface area is 211 Å². The molecule has 4 rings (SSSR count). The van der Waals surface area contributed by atoms with Crippen molar-refractivity contribution in [3.63, 3.8) is 0 Å². The molecule has 10 heteroatoms. The van der Waals surface area contributed by atoms with Gasteiger partial charge in [-0.2, -0.15) is 18.3 Å². The molecule has 2 aromatic carbocycles. The zero-order chi connectivity index (χ0) is 26.6. The van der Waals surface area contributed by atoms with Crippen LogP contribution < -0.4 is 10.9 Å². The van der Waals surface area contributed by atoms with E-state index >= 15 is 0 Å². The van der Waals surface area contributed by atoms with Gasteiger partial charge in [-0.25, -0.2) is 0 Å². The number of benzene rings is 2. The normalized spacial score (nSPS) is 12.5. The number of hydrogen-bond donors (Lipinski definition) is 3. The van der Waals surface area contributed by atoms with E-state index in [0.717, 1.165) is 29.1 Å². The van der Waals surface area contributed by atoms with Crippen molar-refractivity contribution >= 4 is 5.91 Å². The van der Waals surface area contributed by atoms with Gasteiger partial charge in [0.2, 0.25) is 0 Å².